The first-order valence-corrected chi connectivity index (χ1v) is 3.60. The van der Waals surface area contributed by atoms with Crippen LogP contribution >= 0.6 is 0 Å². The largest absolute Gasteiger partial charge is 0.480 e. The second kappa shape index (κ2) is 3.69. The predicted molar refractivity (Wildman–Crippen MR) is 41.3 cm³/mol. The van der Waals surface area contributed by atoms with Gasteiger partial charge in [-0.3, -0.25) is 4.79 Å². The molecular weight excluding hydrogens is 161 g/mol. The Morgan fingerprint density at radius 3 is 2.83 bits per heavy atom. The number of aliphatic hydroxyl groups excluding tert-OH is 1. The van der Waals surface area contributed by atoms with Crippen molar-refractivity contribution >= 4 is 19.6 Å². The van der Waals surface area contributed by atoms with Crippen molar-refractivity contribution in [1.29, 1.82) is 0 Å². The van der Waals surface area contributed by atoms with E-state index < -0.39 is 18.1 Å². The third-order valence-corrected chi connectivity index (χ3v) is 1.85. The highest BCUT2D eigenvalue weighted by atomic mass is 16.4. The van der Waals surface area contributed by atoms with Crippen molar-refractivity contribution in [3.05, 3.63) is 0 Å². The summed E-state index contributed by atoms with van der Waals surface area (Å²) in [6, 6.07) is -0.759. The Balaban J connectivity index is 2.58. The fourth-order valence-electron chi connectivity index (χ4n) is 1.32. The Bertz CT molecular complexity index is 198. The first-order chi connectivity index (χ1) is 5.65. The van der Waals surface area contributed by atoms with Gasteiger partial charge in [0.2, 0.25) is 0 Å². The summed E-state index contributed by atoms with van der Waals surface area (Å²) < 4.78 is 0. The molecular formula is C6H9BNO4. The maximum Gasteiger partial charge on any atom is 0.319 e. The number of β-amino-alcohol motifs (C(OH)–C–C–N with tert-alkyl or cyclic N) is 1. The van der Waals surface area contributed by atoms with Gasteiger partial charge in [0.25, 0.3) is 7.41 Å². The molecule has 0 aromatic rings. The van der Waals surface area contributed by atoms with E-state index in [1.807, 2.05) is 0 Å². The summed E-state index contributed by atoms with van der Waals surface area (Å²) in [5, 5.41) is 17.7. The van der Waals surface area contributed by atoms with E-state index >= 15 is 0 Å². The number of rotatable bonds is 3. The van der Waals surface area contributed by atoms with Gasteiger partial charge in [-0.15, -0.1) is 0 Å². The van der Waals surface area contributed by atoms with Crippen LogP contribution in [-0.2, 0) is 9.59 Å². The van der Waals surface area contributed by atoms with Crippen LogP contribution in [0, 0.1) is 0 Å². The van der Waals surface area contributed by atoms with Crippen LogP contribution < -0.4 is 0 Å². The van der Waals surface area contributed by atoms with Gasteiger partial charge in [0.15, 0.2) is 0 Å². The molecule has 0 saturated carbocycles. The molecule has 1 aliphatic rings. The van der Waals surface area contributed by atoms with Gasteiger partial charge in [0.1, 0.15) is 6.04 Å². The normalized spacial score (nSPS) is 30.1. The van der Waals surface area contributed by atoms with Crippen molar-refractivity contribution < 1.29 is 19.8 Å². The van der Waals surface area contributed by atoms with Crippen LogP contribution in [-0.4, -0.2) is 53.3 Å². The molecule has 5 nitrogen and oxygen atoms in total. The molecule has 0 spiro atoms. The van der Waals surface area contributed by atoms with Crippen molar-refractivity contribution in [2.24, 2.45) is 0 Å². The molecule has 1 rings (SSSR count). The maximum atomic E-state index is 10.5. The number of carbonyl (C=O) groups is 2. The van der Waals surface area contributed by atoms with Crippen molar-refractivity contribution in [2.45, 2.75) is 18.6 Å². The quantitative estimate of drug-likeness (QED) is 0.390. The first kappa shape index (κ1) is 9.21. The van der Waals surface area contributed by atoms with Gasteiger partial charge in [-0.25, -0.2) is 0 Å². The summed E-state index contributed by atoms with van der Waals surface area (Å²) in [4.78, 5) is 21.9. The van der Waals surface area contributed by atoms with Crippen LogP contribution in [0.25, 0.3) is 0 Å². The van der Waals surface area contributed by atoms with E-state index in [1.165, 1.54) is 4.81 Å². The zero-order valence-electron chi connectivity index (χ0n) is 6.38. The van der Waals surface area contributed by atoms with Crippen LogP contribution in [0.1, 0.15) is 6.42 Å². The summed E-state index contributed by atoms with van der Waals surface area (Å²) in [5.74, 6) is -1.01. The molecule has 1 aliphatic heterocycles. The van der Waals surface area contributed by atoms with E-state index in [-0.39, 0.29) is 13.0 Å². The number of aliphatic carboxylic acids is 1. The van der Waals surface area contributed by atoms with E-state index in [9.17, 15) is 9.59 Å². The lowest BCUT2D eigenvalue weighted by Gasteiger charge is -2.16. The lowest BCUT2D eigenvalue weighted by Crippen LogP contribution is -2.39. The summed E-state index contributed by atoms with van der Waals surface area (Å²) >= 11 is 0. The lowest BCUT2D eigenvalue weighted by molar-refractivity contribution is -0.140. The average molecular weight is 170 g/mol. The van der Waals surface area contributed by atoms with Crippen LogP contribution in [0.3, 0.4) is 0 Å². The van der Waals surface area contributed by atoms with Gasteiger partial charge in [-0.05, 0) is 6.42 Å². The third kappa shape index (κ3) is 1.83. The minimum absolute atomic E-state index is 0.180. The molecule has 2 atom stereocenters. The second-order valence-electron chi connectivity index (χ2n) is 2.73. The number of aliphatic hydroxyl groups is 1. The fraction of sp³-hybridized carbons (Fsp3) is 0.667. The molecule has 0 aliphatic carbocycles. The first-order valence-electron chi connectivity index (χ1n) is 3.60. The third-order valence-electron chi connectivity index (χ3n) is 1.85. The van der Waals surface area contributed by atoms with Crippen molar-refractivity contribution in [3.63, 3.8) is 0 Å². The molecule has 12 heavy (non-hydrogen) atoms. The van der Waals surface area contributed by atoms with E-state index in [0.29, 0.717) is 6.19 Å². The standard InChI is InChI=1S/C6H9BNO4/c9-3-7-8-2-4(10)1-5(8)6(11)12/h3-5,10H,1-2H2,(H,11,12)/t4-,5+/m1/s1. The molecule has 0 aromatic carbocycles. The predicted octanol–water partition coefficient (Wildman–Crippen LogP) is -1.68. The van der Waals surface area contributed by atoms with Gasteiger partial charge in [0.05, 0.1) is 12.3 Å². The minimum atomic E-state index is -1.01. The summed E-state index contributed by atoms with van der Waals surface area (Å²) in [6.45, 7) is 0.218. The van der Waals surface area contributed by atoms with E-state index in [1.54, 1.807) is 0 Å². The Hall–Kier alpha value is -0.875. The van der Waals surface area contributed by atoms with Crippen LogP contribution in [0.15, 0.2) is 0 Å². The topological polar surface area (TPSA) is 77.8 Å². The summed E-state index contributed by atoms with van der Waals surface area (Å²) in [5.41, 5.74) is 0. The smallest absolute Gasteiger partial charge is 0.319 e. The molecule has 0 amide bonds. The highest BCUT2D eigenvalue weighted by molar-refractivity contribution is 6.64. The van der Waals surface area contributed by atoms with Gasteiger partial charge in [-0.1, -0.05) is 0 Å². The van der Waals surface area contributed by atoms with Gasteiger partial charge < -0.3 is 19.8 Å². The van der Waals surface area contributed by atoms with Crippen molar-refractivity contribution in [2.75, 3.05) is 6.54 Å². The van der Waals surface area contributed by atoms with Crippen LogP contribution in [0.5, 0.6) is 0 Å². The number of carboxylic acid groups (broad SMARTS) is 1. The second-order valence-corrected chi connectivity index (χ2v) is 2.73. The summed E-state index contributed by atoms with van der Waals surface area (Å²) in [6.07, 6.45) is 0.0514. The molecule has 65 valence electrons. The number of hydrogen-bond donors (Lipinski definition) is 2. The van der Waals surface area contributed by atoms with Crippen LogP contribution in [0.4, 0.5) is 0 Å². The number of carboxylic acids is 1. The fourth-order valence-corrected chi connectivity index (χ4v) is 1.32. The molecule has 1 radical (unpaired) electrons. The zero-order chi connectivity index (χ0) is 9.14. The average Bonchev–Trinajstić information content (AvgIpc) is 2.32. The highest BCUT2D eigenvalue weighted by Crippen LogP contribution is 2.15. The molecule has 2 N–H and O–H groups in total. The Morgan fingerprint density at radius 1 is 1.67 bits per heavy atom. The number of nitrogens with zero attached hydrogens (tertiary/aromatic N) is 1. The summed E-state index contributed by atoms with van der Waals surface area (Å²) in [7, 11) is 1.15. The van der Waals surface area contributed by atoms with Gasteiger partial charge >= 0.3 is 5.97 Å². The molecule has 1 saturated heterocycles. The monoisotopic (exact) mass is 170 g/mol. The van der Waals surface area contributed by atoms with Crippen molar-refractivity contribution in [3.8, 4) is 0 Å². The molecule has 0 bridgehead atoms. The van der Waals surface area contributed by atoms with E-state index in [2.05, 4.69) is 0 Å². The molecule has 1 heterocycles. The van der Waals surface area contributed by atoms with Crippen LogP contribution in [0.2, 0.25) is 0 Å². The zero-order valence-corrected chi connectivity index (χ0v) is 6.38. The number of carbonyl (C=O) groups excluding carboxylic acids is 1. The van der Waals surface area contributed by atoms with E-state index in [0.717, 1.165) is 7.41 Å². The Morgan fingerprint density at radius 2 is 2.33 bits per heavy atom. The highest BCUT2D eigenvalue weighted by Gasteiger charge is 2.35. The number of hydrogen-bond acceptors (Lipinski definition) is 4. The Labute approximate surface area is 70.2 Å². The molecule has 0 aromatic heterocycles. The van der Waals surface area contributed by atoms with Gasteiger partial charge in [-0.2, -0.15) is 0 Å². The van der Waals surface area contributed by atoms with E-state index in [4.69, 9.17) is 10.2 Å². The minimum Gasteiger partial charge on any atom is -0.480 e. The molecule has 6 heteroatoms. The van der Waals surface area contributed by atoms with Crippen molar-refractivity contribution in [1.82, 2.24) is 4.81 Å². The molecule has 1 fully saturated rings. The maximum absolute atomic E-state index is 10.5. The van der Waals surface area contributed by atoms with Gasteiger partial charge in [0, 0.05) is 6.54 Å². The lowest BCUT2D eigenvalue weighted by atomic mass is 9.93. The SMILES string of the molecule is O=C[B]N1C[C@H](O)C[C@H]1C(=O)O. The molecule has 0 unspecified atom stereocenters. The Kier molecular flexibility index (Phi) is 2.83.